The fourth-order valence-corrected chi connectivity index (χ4v) is 3.07. The van der Waals surface area contributed by atoms with Crippen LogP contribution in [0.5, 0.6) is 0 Å². The highest BCUT2D eigenvalue weighted by Crippen LogP contribution is 2.19. The van der Waals surface area contributed by atoms with Gasteiger partial charge in [-0.2, -0.15) is 0 Å². The number of hydrogen-bond acceptors (Lipinski definition) is 4. The van der Waals surface area contributed by atoms with Crippen LogP contribution < -0.4 is 10.6 Å². The van der Waals surface area contributed by atoms with Gasteiger partial charge in [0.1, 0.15) is 6.04 Å². The number of aromatic nitrogens is 1. The largest absolute Gasteiger partial charge is 0.467 e. The number of methoxy groups -OCH3 is 1. The first-order chi connectivity index (χ1) is 14.0. The van der Waals surface area contributed by atoms with Crippen LogP contribution in [0.4, 0.5) is 0 Å². The highest BCUT2D eigenvalue weighted by Gasteiger charge is 2.23. The molecule has 0 saturated carbocycles. The number of para-hydroxylation sites is 1. The number of carbonyl (C=O) groups excluding carboxylic acids is 3. The van der Waals surface area contributed by atoms with Crippen LogP contribution in [0, 0.1) is 6.92 Å². The Morgan fingerprint density at radius 3 is 2.52 bits per heavy atom. The van der Waals surface area contributed by atoms with E-state index in [2.05, 4.69) is 15.6 Å². The van der Waals surface area contributed by atoms with E-state index in [0.29, 0.717) is 5.56 Å². The summed E-state index contributed by atoms with van der Waals surface area (Å²) in [5, 5.41) is 6.18. The highest BCUT2D eigenvalue weighted by atomic mass is 16.5. The average Bonchev–Trinajstić information content (AvgIpc) is 3.14. The second-order valence-corrected chi connectivity index (χ2v) is 6.76. The molecule has 1 atom stereocenters. The highest BCUT2D eigenvalue weighted by molar-refractivity contribution is 5.97. The number of hydrogen-bond donors (Lipinski definition) is 3. The molecule has 0 radical (unpaired) electrons. The summed E-state index contributed by atoms with van der Waals surface area (Å²) in [7, 11) is 1.27. The molecule has 3 rings (SSSR count). The molecule has 0 aliphatic heterocycles. The molecule has 2 aromatic carbocycles. The molecule has 0 spiro atoms. The van der Waals surface area contributed by atoms with Gasteiger partial charge in [0.25, 0.3) is 5.91 Å². The average molecular weight is 393 g/mol. The van der Waals surface area contributed by atoms with E-state index in [1.807, 2.05) is 49.5 Å². The first-order valence-corrected chi connectivity index (χ1v) is 9.25. The third-order valence-corrected chi connectivity index (χ3v) is 4.64. The summed E-state index contributed by atoms with van der Waals surface area (Å²) in [6.45, 7) is 1.68. The Labute approximate surface area is 168 Å². The van der Waals surface area contributed by atoms with Crippen molar-refractivity contribution in [2.75, 3.05) is 13.7 Å². The number of aromatic amines is 1. The van der Waals surface area contributed by atoms with Gasteiger partial charge >= 0.3 is 5.97 Å². The number of H-pyrrole nitrogens is 1. The number of aryl methyl sites for hydroxylation is 1. The molecule has 1 heterocycles. The molecule has 7 heteroatoms. The number of rotatable bonds is 7. The Bertz CT molecular complexity index is 1020. The van der Waals surface area contributed by atoms with Crippen LogP contribution in [0.1, 0.15) is 21.5 Å². The number of carbonyl (C=O) groups is 3. The zero-order chi connectivity index (χ0) is 20.8. The SMILES string of the molecule is COC(=O)[C@@H](Cc1c[nH]c2ccccc12)NC(=O)CNC(=O)c1ccc(C)cc1. The maximum atomic E-state index is 12.3. The number of amides is 2. The quantitative estimate of drug-likeness (QED) is 0.535. The van der Waals surface area contributed by atoms with E-state index < -0.39 is 17.9 Å². The molecule has 0 saturated heterocycles. The standard InChI is InChI=1S/C22H23N3O4/c1-14-7-9-15(10-8-14)21(27)24-13-20(26)25-19(22(28)29-2)11-16-12-23-18-6-4-3-5-17(16)18/h3-10,12,19,23H,11,13H2,1-2H3,(H,24,27)(H,25,26)/t19-/m1/s1. The van der Waals surface area contributed by atoms with Crippen LogP contribution in [0.2, 0.25) is 0 Å². The van der Waals surface area contributed by atoms with Gasteiger partial charge in [0.05, 0.1) is 13.7 Å². The summed E-state index contributed by atoms with van der Waals surface area (Å²) >= 11 is 0. The fraction of sp³-hybridized carbons (Fsp3) is 0.227. The van der Waals surface area contributed by atoms with Gasteiger partial charge in [0.2, 0.25) is 5.91 Å². The van der Waals surface area contributed by atoms with Gasteiger partial charge in [-0.15, -0.1) is 0 Å². The number of esters is 1. The molecular formula is C22H23N3O4. The maximum Gasteiger partial charge on any atom is 0.328 e. The molecule has 0 bridgehead atoms. The Morgan fingerprint density at radius 1 is 1.07 bits per heavy atom. The van der Waals surface area contributed by atoms with E-state index in [-0.39, 0.29) is 18.9 Å². The van der Waals surface area contributed by atoms with Crippen molar-refractivity contribution in [2.45, 2.75) is 19.4 Å². The van der Waals surface area contributed by atoms with E-state index in [1.165, 1.54) is 7.11 Å². The lowest BCUT2D eigenvalue weighted by Gasteiger charge is -2.16. The molecule has 2 amide bonds. The lowest BCUT2D eigenvalue weighted by atomic mass is 10.0. The monoisotopic (exact) mass is 393 g/mol. The molecule has 0 aliphatic carbocycles. The predicted octanol–water partition coefficient (Wildman–Crippen LogP) is 2.11. The van der Waals surface area contributed by atoms with E-state index >= 15 is 0 Å². The minimum absolute atomic E-state index is 0.242. The van der Waals surface area contributed by atoms with Crippen molar-refractivity contribution in [3.63, 3.8) is 0 Å². The maximum absolute atomic E-state index is 12.3. The van der Waals surface area contributed by atoms with Crippen LogP contribution >= 0.6 is 0 Å². The zero-order valence-electron chi connectivity index (χ0n) is 16.3. The fourth-order valence-electron chi connectivity index (χ4n) is 3.07. The van der Waals surface area contributed by atoms with Crippen molar-refractivity contribution in [3.05, 3.63) is 71.4 Å². The van der Waals surface area contributed by atoms with E-state index in [0.717, 1.165) is 22.0 Å². The number of nitrogens with one attached hydrogen (secondary N) is 3. The smallest absolute Gasteiger partial charge is 0.328 e. The van der Waals surface area contributed by atoms with Crippen molar-refractivity contribution >= 4 is 28.7 Å². The minimum atomic E-state index is -0.858. The van der Waals surface area contributed by atoms with Crippen molar-refractivity contribution < 1.29 is 19.1 Å². The molecule has 0 aliphatic rings. The van der Waals surface area contributed by atoms with Gasteiger partial charge in [-0.25, -0.2) is 4.79 Å². The summed E-state index contributed by atoms with van der Waals surface area (Å²) < 4.78 is 4.83. The third kappa shape index (κ3) is 5.01. The summed E-state index contributed by atoms with van der Waals surface area (Å²) in [4.78, 5) is 39.8. The lowest BCUT2D eigenvalue weighted by Crippen LogP contribution is -2.47. The van der Waals surface area contributed by atoms with Crippen molar-refractivity contribution in [2.24, 2.45) is 0 Å². The molecule has 3 aromatic rings. The third-order valence-electron chi connectivity index (χ3n) is 4.64. The van der Waals surface area contributed by atoms with Crippen LogP contribution in [0.25, 0.3) is 10.9 Å². The molecule has 1 aromatic heterocycles. The number of benzene rings is 2. The summed E-state index contributed by atoms with van der Waals surface area (Å²) in [5.74, 6) is -1.37. The predicted molar refractivity (Wildman–Crippen MR) is 109 cm³/mol. The molecule has 29 heavy (non-hydrogen) atoms. The summed E-state index contributed by atoms with van der Waals surface area (Å²) in [5.41, 5.74) is 3.34. The molecule has 0 unspecified atom stereocenters. The van der Waals surface area contributed by atoms with E-state index in [4.69, 9.17) is 4.74 Å². The van der Waals surface area contributed by atoms with Gasteiger partial charge in [-0.1, -0.05) is 35.9 Å². The Kier molecular flexibility index (Phi) is 6.29. The van der Waals surface area contributed by atoms with Gasteiger partial charge in [0.15, 0.2) is 0 Å². The van der Waals surface area contributed by atoms with Crippen LogP contribution in [-0.2, 0) is 20.7 Å². The summed E-state index contributed by atoms with van der Waals surface area (Å²) in [6.07, 6.45) is 2.08. The molecule has 3 N–H and O–H groups in total. The van der Waals surface area contributed by atoms with Crippen LogP contribution in [0.15, 0.2) is 54.7 Å². The second-order valence-electron chi connectivity index (χ2n) is 6.76. The second kappa shape index (κ2) is 9.05. The van der Waals surface area contributed by atoms with Crippen LogP contribution in [0.3, 0.4) is 0 Å². The Balaban J connectivity index is 1.62. The van der Waals surface area contributed by atoms with Gasteiger partial charge in [-0.3, -0.25) is 9.59 Å². The van der Waals surface area contributed by atoms with Gasteiger partial charge in [0, 0.05) is 29.1 Å². The minimum Gasteiger partial charge on any atom is -0.467 e. The first-order valence-electron chi connectivity index (χ1n) is 9.25. The molecule has 0 fully saturated rings. The van der Waals surface area contributed by atoms with Gasteiger partial charge < -0.3 is 20.4 Å². The lowest BCUT2D eigenvalue weighted by molar-refractivity contribution is -0.144. The Hall–Kier alpha value is -3.61. The number of fused-ring (bicyclic) bond motifs is 1. The van der Waals surface area contributed by atoms with Gasteiger partial charge in [-0.05, 0) is 30.7 Å². The van der Waals surface area contributed by atoms with E-state index in [9.17, 15) is 14.4 Å². The van der Waals surface area contributed by atoms with Crippen LogP contribution in [-0.4, -0.2) is 42.5 Å². The zero-order valence-corrected chi connectivity index (χ0v) is 16.3. The van der Waals surface area contributed by atoms with Crippen molar-refractivity contribution in [1.29, 1.82) is 0 Å². The Morgan fingerprint density at radius 2 is 1.79 bits per heavy atom. The van der Waals surface area contributed by atoms with E-state index in [1.54, 1.807) is 12.1 Å². The molecule has 7 nitrogen and oxygen atoms in total. The molecule has 150 valence electrons. The normalized spacial score (nSPS) is 11.7. The topological polar surface area (TPSA) is 100 Å². The molecular weight excluding hydrogens is 370 g/mol. The van der Waals surface area contributed by atoms with Crippen molar-refractivity contribution in [1.82, 2.24) is 15.6 Å². The van der Waals surface area contributed by atoms with Crippen molar-refractivity contribution in [3.8, 4) is 0 Å². The summed E-state index contributed by atoms with van der Waals surface area (Å²) in [6, 6.07) is 13.9. The first kappa shape index (κ1) is 20.1. The number of ether oxygens (including phenoxy) is 1.